The van der Waals surface area contributed by atoms with Gasteiger partial charge in [0.2, 0.25) is 0 Å². The van der Waals surface area contributed by atoms with Crippen LogP contribution in [-0.2, 0) is 23.7 Å². The molecule has 26 heavy (non-hydrogen) atoms. The molecule has 0 aromatic carbocycles. The van der Waals surface area contributed by atoms with E-state index in [0.717, 1.165) is 51.4 Å². The van der Waals surface area contributed by atoms with E-state index < -0.39 is 23.8 Å². The molecule has 148 valence electrons. The quantitative estimate of drug-likeness (QED) is 0.770. The van der Waals surface area contributed by atoms with E-state index in [0.29, 0.717) is 6.61 Å². The fraction of sp³-hybridized carbons (Fsp3) is 0.900. The molecule has 0 amide bonds. The van der Waals surface area contributed by atoms with E-state index >= 15 is 0 Å². The Kier molecular flexibility index (Phi) is 5.58. The van der Waals surface area contributed by atoms with Gasteiger partial charge in [-0.1, -0.05) is 12.8 Å². The molecule has 6 heteroatoms. The van der Waals surface area contributed by atoms with Gasteiger partial charge in [0.15, 0.2) is 11.6 Å². The second kappa shape index (κ2) is 7.76. The van der Waals surface area contributed by atoms with Crippen LogP contribution in [0.4, 0.5) is 0 Å². The molecule has 2 spiro atoms. The number of methoxy groups -OCH3 is 1. The highest BCUT2D eigenvalue weighted by molar-refractivity contribution is 5.03. The smallest absolute Gasteiger partial charge is 0.169 e. The highest BCUT2D eigenvalue weighted by Gasteiger charge is 2.53. The first-order valence-corrected chi connectivity index (χ1v) is 10.2. The summed E-state index contributed by atoms with van der Waals surface area (Å²) in [6, 6.07) is 0. The van der Waals surface area contributed by atoms with E-state index in [9.17, 15) is 5.11 Å². The summed E-state index contributed by atoms with van der Waals surface area (Å²) in [6.45, 7) is 0.411. The van der Waals surface area contributed by atoms with E-state index in [1.165, 1.54) is 12.8 Å². The number of aliphatic hydroxyl groups is 1. The van der Waals surface area contributed by atoms with Crippen molar-refractivity contribution < 1.29 is 28.8 Å². The molecule has 2 heterocycles. The summed E-state index contributed by atoms with van der Waals surface area (Å²) in [5.74, 6) is -1.07. The molecule has 4 atom stereocenters. The van der Waals surface area contributed by atoms with Gasteiger partial charge < -0.3 is 28.8 Å². The SMILES string of the molecule is CO/C=C/[C@@H]1OC2(CCCCC2)O[C@@H]1[C@@H](O)[C@@H]1COC2(CCCCC2)O1. The van der Waals surface area contributed by atoms with E-state index in [-0.39, 0.29) is 12.2 Å². The lowest BCUT2D eigenvalue weighted by atomic mass is 9.94. The van der Waals surface area contributed by atoms with Crippen LogP contribution in [-0.4, -0.2) is 54.8 Å². The van der Waals surface area contributed by atoms with Crippen molar-refractivity contribution in [2.24, 2.45) is 0 Å². The Morgan fingerprint density at radius 2 is 1.58 bits per heavy atom. The van der Waals surface area contributed by atoms with Gasteiger partial charge in [0, 0.05) is 25.7 Å². The van der Waals surface area contributed by atoms with Crippen molar-refractivity contribution in [2.75, 3.05) is 13.7 Å². The standard InChI is InChI=1S/C20H32O6/c1-22-13-8-15-18(26-20(24-15)11-6-3-7-12-20)17(21)16-14-23-19(25-16)9-4-2-5-10-19/h8,13,15-18,21H,2-7,9-12,14H2,1H3/b13-8+/t15-,16-,17-,18-/m0/s1. The Labute approximate surface area is 155 Å². The van der Waals surface area contributed by atoms with Crippen molar-refractivity contribution in [2.45, 2.75) is 100 Å². The van der Waals surface area contributed by atoms with Crippen LogP contribution < -0.4 is 0 Å². The van der Waals surface area contributed by atoms with Crippen LogP contribution in [0.3, 0.4) is 0 Å². The third kappa shape index (κ3) is 3.67. The van der Waals surface area contributed by atoms with Gasteiger partial charge in [-0.3, -0.25) is 0 Å². The Morgan fingerprint density at radius 1 is 0.923 bits per heavy atom. The van der Waals surface area contributed by atoms with Crippen molar-refractivity contribution in [1.29, 1.82) is 0 Å². The van der Waals surface area contributed by atoms with E-state index in [4.69, 9.17) is 23.7 Å². The minimum absolute atomic E-state index is 0.338. The number of rotatable bonds is 4. The van der Waals surface area contributed by atoms with E-state index in [1.54, 1.807) is 13.4 Å². The van der Waals surface area contributed by atoms with Gasteiger partial charge in [0.1, 0.15) is 24.4 Å². The molecular formula is C20H32O6. The fourth-order valence-electron chi connectivity index (χ4n) is 4.86. The summed E-state index contributed by atoms with van der Waals surface area (Å²) in [4.78, 5) is 0. The molecule has 2 aliphatic heterocycles. The first kappa shape index (κ1) is 18.7. The average Bonchev–Trinajstić information content (AvgIpc) is 3.23. The van der Waals surface area contributed by atoms with Gasteiger partial charge in [-0.25, -0.2) is 0 Å². The largest absolute Gasteiger partial charge is 0.505 e. The van der Waals surface area contributed by atoms with Crippen molar-refractivity contribution in [1.82, 2.24) is 0 Å². The van der Waals surface area contributed by atoms with Crippen LogP contribution in [0.2, 0.25) is 0 Å². The molecule has 6 nitrogen and oxygen atoms in total. The normalized spacial score (nSPS) is 37.5. The molecule has 0 unspecified atom stereocenters. The van der Waals surface area contributed by atoms with Crippen molar-refractivity contribution in [3.05, 3.63) is 12.3 Å². The molecule has 0 aromatic rings. The molecule has 4 aliphatic rings. The maximum absolute atomic E-state index is 11.1. The Hall–Kier alpha value is -0.660. The number of hydrogen-bond acceptors (Lipinski definition) is 6. The molecule has 4 fully saturated rings. The van der Waals surface area contributed by atoms with Crippen LogP contribution >= 0.6 is 0 Å². The lowest BCUT2D eigenvalue weighted by Crippen LogP contribution is -2.45. The first-order valence-electron chi connectivity index (χ1n) is 10.2. The molecule has 2 saturated carbocycles. The minimum atomic E-state index is -0.788. The molecule has 0 radical (unpaired) electrons. The lowest BCUT2D eigenvalue weighted by Gasteiger charge is -2.34. The Morgan fingerprint density at radius 3 is 2.23 bits per heavy atom. The fourth-order valence-corrected chi connectivity index (χ4v) is 4.86. The third-order valence-electron chi connectivity index (χ3n) is 6.25. The van der Waals surface area contributed by atoms with Gasteiger partial charge in [0.05, 0.1) is 20.0 Å². The number of ether oxygens (including phenoxy) is 5. The van der Waals surface area contributed by atoms with Gasteiger partial charge in [-0.15, -0.1) is 0 Å². The maximum atomic E-state index is 11.1. The van der Waals surface area contributed by atoms with Crippen molar-refractivity contribution in [3.63, 3.8) is 0 Å². The van der Waals surface area contributed by atoms with E-state index in [2.05, 4.69) is 0 Å². The molecule has 4 rings (SSSR count). The molecule has 2 aliphatic carbocycles. The second-order valence-corrected chi connectivity index (χ2v) is 8.13. The lowest BCUT2D eigenvalue weighted by molar-refractivity contribution is -0.216. The summed E-state index contributed by atoms with van der Waals surface area (Å²) >= 11 is 0. The molecular weight excluding hydrogens is 336 g/mol. The molecule has 0 bridgehead atoms. The first-order chi connectivity index (χ1) is 12.7. The maximum Gasteiger partial charge on any atom is 0.169 e. The zero-order valence-electron chi connectivity index (χ0n) is 15.7. The number of hydrogen-bond donors (Lipinski definition) is 1. The van der Waals surface area contributed by atoms with Crippen LogP contribution in [0.15, 0.2) is 12.3 Å². The summed E-state index contributed by atoms with van der Waals surface area (Å²) in [5.41, 5.74) is 0. The summed E-state index contributed by atoms with van der Waals surface area (Å²) in [5, 5.41) is 11.1. The zero-order valence-corrected chi connectivity index (χ0v) is 15.7. The predicted molar refractivity (Wildman–Crippen MR) is 94.4 cm³/mol. The highest BCUT2D eigenvalue weighted by atomic mass is 16.8. The zero-order chi connectivity index (χ0) is 18.0. The Bertz CT molecular complexity index is 495. The van der Waals surface area contributed by atoms with Gasteiger partial charge in [-0.05, 0) is 31.8 Å². The highest BCUT2D eigenvalue weighted by Crippen LogP contribution is 2.44. The molecule has 2 saturated heterocycles. The van der Waals surface area contributed by atoms with Gasteiger partial charge in [0.25, 0.3) is 0 Å². The summed E-state index contributed by atoms with van der Waals surface area (Å²) in [6.07, 6.45) is 11.9. The molecule has 1 N–H and O–H groups in total. The van der Waals surface area contributed by atoms with E-state index in [1.807, 2.05) is 6.08 Å². The molecule has 0 aromatic heterocycles. The summed E-state index contributed by atoms with van der Waals surface area (Å²) in [7, 11) is 1.61. The third-order valence-corrected chi connectivity index (χ3v) is 6.25. The van der Waals surface area contributed by atoms with Gasteiger partial charge in [-0.2, -0.15) is 0 Å². The summed E-state index contributed by atoms with van der Waals surface area (Å²) < 4.78 is 29.9. The van der Waals surface area contributed by atoms with Crippen molar-refractivity contribution >= 4 is 0 Å². The monoisotopic (exact) mass is 368 g/mol. The predicted octanol–water partition coefficient (Wildman–Crippen LogP) is 3.03. The topological polar surface area (TPSA) is 66.4 Å². The van der Waals surface area contributed by atoms with Crippen LogP contribution in [0.1, 0.15) is 64.2 Å². The Balaban J connectivity index is 1.46. The van der Waals surface area contributed by atoms with Gasteiger partial charge >= 0.3 is 0 Å². The van der Waals surface area contributed by atoms with Crippen LogP contribution in [0.25, 0.3) is 0 Å². The second-order valence-electron chi connectivity index (χ2n) is 8.13. The van der Waals surface area contributed by atoms with Crippen LogP contribution in [0.5, 0.6) is 0 Å². The minimum Gasteiger partial charge on any atom is -0.505 e. The number of aliphatic hydroxyl groups excluding tert-OH is 1. The average molecular weight is 368 g/mol. The van der Waals surface area contributed by atoms with Crippen LogP contribution in [0, 0.1) is 0 Å². The van der Waals surface area contributed by atoms with Crippen molar-refractivity contribution in [3.8, 4) is 0 Å².